The molecule has 0 amide bonds. The zero-order valence-corrected chi connectivity index (χ0v) is 14.1. The first-order valence-corrected chi connectivity index (χ1v) is 8.60. The van der Waals surface area contributed by atoms with E-state index in [1.807, 2.05) is 6.07 Å². The van der Waals surface area contributed by atoms with Gasteiger partial charge in [0.15, 0.2) is 6.73 Å². The monoisotopic (exact) mass is 329 g/mol. The largest absolute Gasteiger partial charge is 0.396 e. The quantitative estimate of drug-likeness (QED) is 0.266. The average molecular weight is 329 g/mol. The topological polar surface area (TPSA) is 50.7 Å². The Kier molecular flexibility index (Phi) is 8.94. The summed E-state index contributed by atoms with van der Waals surface area (Å²) < 4.78 is 0. The van der Waals surface area contributed by atoms with Gasteiger partial charge in [0, 0.05) is 12.3 Å². The fourth-order valence-electron chi connectivity index (χ4n) is 2.41. The predicted octanol–water partition coefficient (Wildman–Crippen LogP) is 4.15. The molecule has 2 rings (SSSR count). The molecule has 24 heavy (non-hydrogen) atoms. The zero-order chi connectivity index (χ0) is 16.9. The van der Waals surface area contributed by atoms with Gasteiger partial charge in [-0.15, -0.1) is 0 Å². The van der Waals surface area contributed by atoms with Gasteiger partial charge in [-0.3, -0.25) is 0 Å². The van der Waals surface area contributed by atoms with Crippen LogP contribution in [0.25, 0.3) is 0 Å². The average Bonchev–Trinajstić information content (AvgIpc) is 2.62. The minimum atomic E-state index is 0.269. The maximum absolute atomic E-state index is 8.67. The zero-order valence-electron chi connectivity index (χ0n) is 14.1. The lowest BCUT2D eigenvalue weighted by molar-refractivity contribution is -0.289. The first-order valence-electron chi connectivity index (χ1n) is 8.60. The molecule has 0 aliphatic rings. The van der Waals surface area contributed by atoms with Gasteiger partial charge in [0.1, 0.15) is 0 Å². The van der Waals surface area contributed by atoms with Crippen LogP contribution < -0.4 is 5.32 Å². The molecule has 0 spiro atoms. The van der Waals surface area contributed by atoms with Crippen molar-refractivity contribution >= 4 is 5.69 Å². The summed E-state index contributed by atoms with van der Waals surface area (Å²) in [5, 5.41) is 11.8. The van der Waals surface area contributed by atoms with Crippen LogP contribution in [0.1, 0.15) is 36.8 Å². The van der Waals surface area contributed by atoms with E-state index >= 15 is 0 Å². The maximum Gasteiger partial charge on any atom is 0.151 e. The second-order valence-corrected chi connectivity index (χ2v) is 5.76. The molecule has 0 aliphatic carbocycles. The van der Waals surface area contributed by atoms with Crippen LogP contribution in [0.2, 0.25) is 0 Å². The number of aliphatic hydroxyl groups is 1. The Morgan fingerprint density at radius 1 is 0.750 bits per heavy atom. The van der Waals surface area contributed by atoms with Crippen molar-refractivity contribution in [2.45, 2.75) is 32.1 Å². The second kappa shape index (κ2) is 11.6. The third kappa shape index (κ3) is 7.59. The summed E-state index contributed by atoms with van der Waals surface area (Å²) >= 11 is 0. The van der Waals surface area contributed by atoms with E-state index in [0.29, 0.717) is 13.3 Å². The van der Waals surface area contributed by atoms with E-state index in [1.165, 1.54) is 11.1 Å². The molecule has 0 unspecified atom stereocenters. The van der Waals surface area contributed by atoms with Crippen molar-refractivity contribution < 1.29 is 14.9 Å². The summed E-state index contributed by atoms with van der Waals surface area (Å²) in [6, 6.07) is 18.8. The van der Waals surface area contributed by atoms with Gasteiger partial charge in [-0.2, -0.15) is 0 Å². The Bertz CT molecular complexity index is 543. The highest BCUT2D eigenvalue weighted by Crippen LogP contribution is 2.13. The minimum absolute atomic E-state index is 0.269. The van der Waals surface area contributed by atoms with Crippen LogP contribution in [0.5, 0.6) is 0 Å². The highest BCUT2D eigenvalue weighted by Gasteiger charge is 1.97. The van der Waals surface area contributed by atoms with Gasteiger partial charge >= 0.3 is 0 Å². The van der Waals surface area contributed by atoms with Crippen LogP contribution in [0.15, 0.2) is 54.6 Å². The Morgan fingerprint density at radius 2 is 1.46 bits per heavy atom. The number of nitrogens with one attached hydrogen (secondary N) is 1. The molecule has 0 heterocycles. The molecule has 4 nitrogen and oxygen atoms in total. The third-order valence-corrected chi connectivity index (χ3v) is 3.76. The van der Waals surface area contributed by atoms with Crippen molar-refractivity contribution in [3.8, 4) is 0 Å². The number of benzene rings is 2. The third-order valence-electron chi connectivity index (χ3n) is 3.76. The fraction of sp³-hybridized carbons (Fsp3) is 0.400. The molecule has 2 N–H and O–H groups in total. The van der Waals surface area contributed by atoms with E-state index in [-0.39, 0.29) is 6.61 Å². The van der Waals surface area contributed by atoms with Gasteiger partial charge in [0.25, 0.3) is 0 Å². The van der Waals surface area contributed by atoms with Crippen molar-refractivity contribution in [3.05, 3.63) is 65.7 Å². The van der Waals surface area contributed by atoms with Crippen molar-refractivity contribution in [2.24, 2.45) is 0 Å². The molecule has 0 saturated carbocycles. The molecule has 2 aromatic carbocycles. The summed E-state index contributed by atoms with van der Waals surface area (Å²) in [7, 11) is 0. The molecule has 0 radical (unpaired) electrons. The lowest BCUT2D eigenvalue weighted by Gasteiger charge is -2.08. The lowest BCUT2D eigenvalue weighted by atomic mass is 10.1. The van der Waals surface area contributed by atoms with Gasteiger partial charge in [0.2, 0.25) is 0 Å². The molecule has 0 bridgehead atoms. The fourth-order valence-corrected chi connectivity index (χ4v) is 2.41. The van der Waals surface area contributed by atoms with Crippen molar-refractivity contribution in [1.82, 2.24) is 0 Å². The highest BCUT2D eigenvalue weighted by atomic mass is 17.2. The van der Waals surface area contributed by atoms with Gasteiger partial charge < -0.3 is 10.4 Å². The van der Waals surface area contributed by atoms with Crippen LogP contribution in [-0.4, -0.2) is 25.1 Å². The SMILES string of the molecule is OCCCCCCOOCNc1ccc(Cc2ccccc2)cc1. The summed E-state index contributed by atoms with van der Waals surface area (Å²) in [4.78, 5) is 10.2. The standard InChI is InChI=1S/C20H27NO3/c22-14-6-1-2-7-15-23-24-17-21-20-12-10-19(11-13-20)16-18-8-4-3-5-9-18/h3-5,8-13,21-22H,1-2,6-7,14-17H2. The summed E-state index contributed by atoms with van der Waals surface area (Å²) in [5.41, 5.74) is 3.61. The lowest BCUT2D eigenvalue weighted by Crippen LogP contribution is -2.07. The van der Waals surface area contributed by atoms with Crippen LogP contribution in [-0.2, 0) is 16.2 Å². The van der Waals surface area contributed by atoms with E-state index < -0.39 is 0 Å². The van der Waals surface area contributed by atoms with Crippen LogP contribution >= 0.6 is 0 Å². The molecular weight excluding hydrogens is 302 g/mol. The molecule has 0 aliphatic heterocycles. The van der Waals surface area contributed by atoms with Gasteiger partial charge in [-0.25, -0.2) is 9.78 Å². The van der Waals surface area contributed by atoms with E-state index in [1.54, 1.807) is 0 Å². The van der Waals surface area contributed by atoms with E-state index in [9.17, 15) is 0 Å². The van der Waals surface area contributed by atoms with E-state index in [4.69, 9.17) is 14.9 Å². The number of hydrogen-bond donors (Lipinski definition) is 2. The van der Waals surface area contributed by atoms with Crippen LogP contribution in [0.3, 0.4) is 0 Å². The minimum Gasteiger partial charge on any atom is -0.396 e. The Morgan fingerprint density at radius 3 is 2.21 bits per heavy atom. The Balaban J connectivity index is 1.57. The summed E-state index contributed by atoms with van der Waals surface area (Å²) in [5.74, 6) is 0. The summed E-state index contributed by atoms with van der Waals surface area (Å²) in [6.07, 6.45) is 4.85. The van der Waals surface area contributed by atoms with Gasteiger partial charge in [-0.1, -0.05) is 55.3 Å². The molecule has 0 fully saturated rings. The van der Waals surface area contributed by atoms with E-state index in [0.717, 1.165) is 37.8 Å². The molecule has 4 heteroatoms. The predicted molar refractivity (Wildman–Crippen MR) is 96.8 cm³/mol. The molecule has 0 saturated heterocycles. The van der Waals surface area contributed by atoms with Crippen molar-refractivity contribution in [2.75, 3.05) is 25.3 Å². The summed E-state index contributed by atoms with van der Waals surface area (Å²) in [6.45, 7) is 1.18. The molecular formula is C20H27NO3. The highest BCUT2D eigenvalue weighted by molar-refractivity contribution is 5.45. The molecule has 2 aromatic rings. The smallest absolute Gasteiger partial charge is 0.151 e. The maximum atomic E-state index is 8.67. The number of hydrogen-bond acceptors (Lipinski definition) is 4. The van der Waals surface area contributed by atoms with Crippen molar-refractivity contribution in [1.29, 1.82) is 0 Å². The Labute approximate surface area is 144 Å². The van der Waals surface area contributed by atoms with E-state index in [2.05, 4.69) is 53.8 Å². The number of aliphatic hydroxyl groups excluding tert-OH is 1. The Hall–Kier alpha value is -1.88. The first-order chi connectivity index (χ1) is 11.9. The number of unbranched alkanes of at least 4 members (excludes halogenated alkanes) is 3. The number of anilines is 1. The molecule has 0 aromatic heterocycles. The molecule has 0 atom stereocenters. The normalized spacial score (nSPS) is 10.7. The van der Waals surface area contributed by atoms with Crippen LogP contribution in [0.4, 0.5) is 5.69 Å². The second-order valence-electron chi connectivity index (χ2n) is 5.76. The molecule has 130 valence electrons. The van der Waals surface area contributed by atoms with Crippen molar-refractivity contribution in [3.63, 3.8) is 0 Å². The van der Waals surface area contributed by atoms with Gasteiger partial charge in [-0.05, 0) is 42.5 Å². The van der Waals surface area contributed by atoms with Crippen LogP contribution in [0, 0.1) is 0 Å². The first kappa shape index (κ1) is 18.5. The number of rotatable bonds is 12. The van der Waals surface area contributed by atoms with Gasteiger partial charge in [0.05, 0.1) is 6.61 Å².